The van der Waals surface area contributed by atoms with Crippen LogP contribution in [0.2, 0.25) is 0 Å². The van der Waals surface area contributed by atoms with E-state index in [0.29, 0.717) is 0 Å². The van der Waals surface area contributed by atoms with E-state index >= 15 is 0 Å². The second-order valence-corrected chi connectivity index (χ2v) is 6.06. The second-order valence-electron chi connectivity index (χ2n) is 4.68. The highest BCUT2D eigenvalue weighted by Crippen LogP contribution is 2.23. The zero-order valence-electron chi connectivity index (χ0n) is 11.2. The molecule has 0 saturated heterocycles. The molecule has 0 amide bonds. The Kier molecular flexibility index (Phi) is 4.34. The normalized spacial score (nSPS) is 12.2. The lowest BCUT2D eigenvalue weighted by atomic mass is 10.2. The van der Waals surface area contributed by atoms with E-state index < -0.39 is 10.7 Å². The average molecular weight is 294 g/mol. The first-order chi connectivity index (χ1) is 9.45. The van der Waals surface area contributed by atoms with Crippen LogP contribution in [0, 0.1) is 22.9 Å². The summed E-state index contributed by atoms with van der Waals surface area (Å²) in [5.74, 6) is -0.603. The van der Waals surface area contributed by atoms with Gasteiger partial charge in [-0.15, -0.1) is 11.3 Å². The van der Waals surface area contributed by atoms with Gasteiger partial charge < -0.3 is 5.32 Å². The van der Waals surface area contributed by atoms with Crippen molar-refractivity contribution in [1.29, 1.82) is 0 Å². The maximum absolute atomic E-state index is 13.7. The van der Waals surface area contributed by atoms with Crippen molar-refractivity contribution in [2.45, 2.75) is 26.3 Å². The number of halogens is 1. The topological polar surface area (TPSA) is 55.2 Å². The number of nitro benzene ring substituents is 1. The highest BCUT2D eigenvalue weighted by Gasteiger charge is 2.13. The fourth-order valence-corrected chi connectivity index (χ4v) is 2.97. The molecule has 0 aliphatic heterocycles. The number of non-ortho nitro benzene ring substituents is 1. The summed E-state index contributed by atoms with van der Waals surface area (Å²) in [6.45, 7) is 4.00. The number of nitro groups is 1. The summed E-state index contributed by atoms with van der Waals surface area (Å²) in [5.41, 5.74) is 0.0472. The Morgan fingerprint density at radius 3 is 2.70 bits per heavy atom. The minimum absolute atomic E-state index is 0.0454. The van der Waals surface area contributed by atoms with E-state index in [1.807, 2.05) is 13.8 Å². The number of aryl methyl sites for hydroxylation is 1. The molecule has 20 heavy (non-hydrogen) atoms. The molecule has 106 valence electrons. The number of nitrogens with zero attached hydrogens (tertiary/aromatic N) is 1. The lowest BCUT2D eigenvalue weighted by molar-refractivity contribution is -0.385. The van der Waals surface area contributed by atoms with Crippen molar-refractivity contribution in [2.75, 3.05) is 5.32 Å². The van der Waals surface area contributed by atoms with E-state index in [4.69, 9.17) is 0 Å². The van der Waals surface area contributed by atoms with Gasteiger partial charge in [-0.25, -0.2) is 4.39 Å². The van der Waals surface area contributed by atoms with Crippen LogP contribution >= 0.6 is 11.3 Å². The first-order valence-electron chi connectivity index (χ1n) is 6.21. The van der Waals surface area contributed by atoms with Crippen LogP contribution in [-0.2, 0) is 6.42 Å². The summed E-state index contributed by atoms with van der Waals surface area (Å²) in [7, 11) is 0. The summed E-state index contributed by atoms with van der Waals surface area (Å²) in [5, 5.41) is 13.6. The second kappa shape index (κ2) is 6.00. The lowest BCUT2D eigenvalue weighted by Gasteiger charge is -2.14. The van der Waals surface area contributed by atoms with E-state index in [9.17, 15) is 14.5 Å². The zero-order valence-corrected chi connectivity index (χ0v) is 12.0. The van der Waals surface area contributed by atoms with Crippen molar-refractivity contribution in [1.82, 2.24) is 0 Å². The van der Waals surface area contributed by atoms with Gasteiger partial charge in [0.05, 0.1) is 16.7 Å². The Labute approximate surface area is 120 Å². The number of anilines is 1. The molecule has 1 N–H and O–H groups in total. The first-order valence-corrected chi connectivity index (χ1v) is 7.03. The molecule has 0 aliphatic rings. The Morgan fingerprint density at radius 2 is 2.15 bits per heavy atom. The van der Waals surface area contributed by atoms with Crippen LogP contribution in [0.1, 0.15) is 16.7 Å². The predicted molar refractivity (Wildman–Crippen MR) is 78.9 cm³/mol. The van der Waals surface area contributed by atoms with Crippen molar-refractivity contribution >= 4 is 22.7 Å². The summed E-state index contributed by atoms with van der Waals surface area (Å²) in [6, 6.07) is 7.80. The average Bonchev–Trinajstić information content (AvgIpc) is 2.77. The summed E-state index contributed by atoms with van der Waals surface area (Å²) < 4.78 is 13.7. The maximum atomic E-state index is 13.7. The van der Waals surface area contributed by atoms with Gasteiger partial charge in [-0.05, 0) is 32.0 Å². The van der Waals surface area contributed by atoms with Crippen molar-refractivity contribution in [3.8, 4) is 0 Å². The summed E-state index contributed by atoms with van der Waals surface area (Å²) >= 11 is 1.71. The minimum Gasteiger partial charge on any atom is -0.380 e. The number of benzene rings is 1. The molecule has 1 aromatic carbocycles. The molecular weight excluding hydrogens is 279 g/mol. The molecule has 1 aromatic heterocycles. The van der Waals surface area contributed by atoms with Crippen molar-refractivity contribution < 1.29 is 9.31 Å². The van der Waals surface area contributed by atoms with Crippen LogP contribution in [-0.4, -0.2) is 11.0 Å². The van der Waals surface area contributed by atoms with Gasteiger partial charge in [-0.2, -0.15) is 0 Å². The molecule has 1 heterocycles. The number of hydrogen-bond acceptors (Lipinski definition) is 4. The number of thiophene rings is 1. The molecule has 1 atom stereocenters. The van der Waals surface area contributed by atoms with E-state index in [1.54, 1.807) is 11.3 Å². The molecule has 2 aromatic rings. The van der Waals surface area contributed by atoms with Crippen LogP contribution < -0.4 is 5.32 Å². The molecule has 2 rings (SSSR count). The van der Waals surface area contributed by atoms with E-state index in [0.717, 1.165) is 12.5 Å². The Morgan fingerprint density at radius 1 is 1.40 bits per heavy atom. The van der Waals surface area contributed by atoms with Gasteiger partial charge in [-0.1, -0.05) is 0 Å². The molecule has 0 radical (unpaired) electrons. The third kappa shape index (κ3) is 3.54. The first kappa shape index (κ1) is 14.5. The van der Waals surface area contributed by atoms with Crippen LogP contribution in [0.5, 0.6) is 0 Å². The van der Waals surface area contributed by atoms with E-state index in [1.165, 1.54) is 21.9 Å². The Bertz CT molecular complexity index is 627. The molecule has 4 nitrogen and oxygen atoms in total. The third-order valence-corrected chi connectivity index (χ3v) is 3.89. The fourth-order valence-electron chi connectivity index (χ4n) is 1.95. The van der Waals surface area contributed by atoms with Crippen LogP contribution in [0.3, 0.4) is 0 Å². The largest absolute Gasteiger partial charge is 0.380 e. The molecule has 6 heteroatoms. The lowest BCUT2D eigenvalue weighted by Crippen LogP contribution is -2.18. The van der Waals surface area contributed by atoms with Gasteiger partial charge in [0.2, 0.25) is 0 Å². The third-order valence-electron chi connectivity index (χ3n) is 2.87. The number of rotatable bonds is 5. The molecule has 0 fully saturated rings. The molecule has 0 aliphatic carbocycles. The van der Waals surface area contributed by atoms with E-state index in [2.05, 4.69) is 17.4 Å². The zero-order chi connectivity index (χ0) is 14.7. The molecular formula is C14H15FN2O2S. The van der Waals surface area contributed by atoms with Crippen molar-refractivity contribution in [3.05, 3.63) is 56.0 Å². The molecule has 1 unspecified atom stereocenters. The SMILES string of the molecule is Cc1ccc(CC(C)Nc2ccc([N+](=O)[O-])cc2F)s1. The van der Waals surface area contributed by atoms with Gasteiger partial charge in [0.15, 0.2) is 5.82 Å². The molecule has 0 spiro atoms. The maximum Gasteiger partial charge on any atom is 0.272 e. The quantitative estimate of drug-likeness (QED) is 0.666. The molecule has 0 bridgehead atoms. The smallest absolute Gasteiger partial charge is 0.272 e. The minimum atomic E-state index is -0.606. The van der Waals surface area contributed by atoms with Gasteiger partial charge in [0.25, 0.3) is 5.69 Å². The van der Waals surface area contributed by atoms with Gasteiger partial charge in [0, 0.05) is 28.3 Å². The predicted octanol–water partition coefficient (Wildman–Crippen LogP) is 4.15. The summed E-state index contributed by atoms with van der Waals surface area (Å²) in [4.78, 5) is 12.4. The Hall–Kier alpha value is -1.95. The van der Waals surface area contributed by atoms with E-state index in [-0.39, 0.29) is 17.4 Å². The standard InChI is InChI=1S/C14H15FN2O2S/c1-9(7-12-5-3-10(2)20-12)16-14-6-4-11(17(18)19)8-13(14)15/h3-6,8-9,16H,7H2,1-2H3. The Balaban J connectivity index is 2.04. The van der Waals surface area contributed by atoms with Crippen LogP contribution in [0.25, 0.3) is 0 Å². The van der Waals surface area contributed by atoms with Gasteiger partial charge in [0.1, 0.15) is 0 Å². The van der Waals surface area contributed by atoms with Gasteiger partial charge >= 0.3 is 0 Å². The highest BCUT2D eigenvalue weighted by molar-refractivity contribution is 7.11. The molecule has 0 saturated carbocycles. The van der Waals surface area contributed by atoms with Crippen LogP contribution in [0.4, 0.5) is 15.8 Å². The fraction of sp³-hybridized carbons (Fsp3) is 0.286. The number of hydrogen-bond donors (Lipinski definition) is 1. The van der Waals surface area contributed by atoms with Crippen molar-refractivity contribution in [3.63, 3.8) is 0 Å². The van der Waals surface area contributed by atoms with Gasteiger partial charge in [-0.3, -0.25) is 10.1 Å². The highest BCUT2D eigenvalue weighted by atomic mass is 32.1. The summed E-state index contributed by atoms with van der Waals surface area (Å²) in [6.07, 6.45) is 0.787. The van der Waals surface area contributed by atoms with Crippen molar-refractivity contribution in [2.24, 2.45) is 0 Å². The monoisotopic (exact) mass is 294 g/mol. The van der Waals surface area contributed by atoms with Crippen LogP contribution in [0.15, 0.2) is 30.3 Å². The number of nitrogens with one attached hydrogen (secondary N) is 1.